The minimum absolute atomic E-state index is 0.111. The lowest BCUT2D eigenvalue weighted by Crippen LogP contribution is -2.52. The van der Waals surface area contributed by atoms with Crippen LogP contribution in [-0.2, 0) is 16.1 Å². The van der Waals surface area contributed by atoms with Gasteiger partial charge in [0, 0.05) is 35.5 Å². The molecule has 0 aliphatic carbocycles. The first-order chi connectivity index (χ1) is 17.8. The number of hydrogen-bond donors (Lipinski definition) is 3. The number of amides is 5. The van der Waals surface area contributed by atoms with Gasteiger partial charge in [0.2, 0.25) is 11.8 Å². The summed E-state index contributed by atoms with van der Waals surface area (Å²) in [6.45, 7) is 9.04. The van der Waals surface area contributed by atoms with Crippen molar-refractivity contribution in [2.75, 3.05) is 12.3 Å². The van der Waals surface area contributed by atoms with Crippen LogP contribution in [-0.4, -0.2) is 52.5 Å². The summed E-state index contributed by atoms with van der Waals surface area (Å²) >= 11 is 1.74. The summed E-state index contributed by atoms with van der Waals surface area (Å²) in [5, 5.41) is 8.45. The van der Waals surface area contributed by atoms with Gasteiger partial charge in [-0.1, -0.05) is 38.8 Å². The van der Waals surface area contributed by atoms with E-state index in [4.69, 9.17) is 0 Å². The predicted molar refractivity (Wildman–Crippen MR) is 146 cm³/mol. The Bertz CT molecular complexity index is 1010. The Labute approximate surface area is 224 Å². The zero-order valence-corrected chi connectivity index (χ0v) is 22.9. The number of urea groups is 1. The standard InChI is InChI=1S/C28H40N4O4S/c1-4-16-28(5-2,6-3)31-27(36)29-17-9-7-8-10-18-37-23-13-11-12-20-21(23)19-32(26(20)35)22-14-15-24(33)30-25(22)34/h4,11-13,22H,1,5-10,14-19H2,2-3H3,(H2,29,31,36)(H,30,33,34). The first-order valence-corrected chi connectivity index (χ1v) is 14.4. The fraction of sp³-hybridized carbons (Fsp3) is 0.571. The zero-order chi connectivity index (χ0) is 26.8. The van der Waals surface area contributed by atoms with Crippen LogP contribution in [0.15, 0.2) is 35.7 Å². The number of rotatable bonds is 14. The molecule has 37 heavy (non-hydrogen) atoms. The molecule has 1 atom stereocenters. The van der Waals surface area contributed by atoms with Crippen LogP contribution in [0.3, 0.4) is 0 Å². The number of benzene rings is 1. The van der Waals surface area contributed by atoms with Crippen molar-refractivity contribution in [1.29, 1.82) is 0 Å². The molecule has 0 aromatic heterocycles. The number of thioether (sulfide) groups is 1. The summed E-state index contributed by atoms with van der Waals surface area (Å²) in [6.07, 6.45) is 9.07. The van der Waals surface area contributed by atoms with E-state index in [1.807, 2.05) is 24.3 Å². The van der Waals surface area contributed by atoms with Gasteiger partial charge in [-0.2, -0.15) is 0 Å². The van der Waals surface area contributed by atoms with Gasteiger partial charge >= 0.3 is 6.03 Å². The summed E-state index contributed by atoms with van der Waals surface area (Å²) in [7, 11) is 0. The normalized spacial score (nSPS) is 17.4. The van der Waals surface area contributed by atoms with Crippen LogP contribution < -0.4 is 16.0 Å². The Balaban J connectivity index is 1.37. The van der Waals surface area contributed by atoms with Crippen molar-refractivity contribution in [3.63, 3.8) is 0 Å². The summed E-state index contributed by atoms with van der Waals surface area (Å²) in [5.74, 6) is 0.140. The lowest BCUT2D eigenvalue weighted by molar-refractivity contribution is -0.136. The van der Waals surface area contributed by atoms with Crippen molar-refractivity contribution in [2.45, 2.75) is 94.7 Å². The molecular formula is C28H40N4O4S. The van der Waals surface area contributed by atoms with E-state index >= 15 is 0 Å². The number of carbonyl (C=O) groups excluding carboxylic acids is 4. The quantitative estimate of drug-likeness (QED) is 0.142. The molecule has 202 valence electrons. The van der Waals surface area contributed by atoms with E-state index in [1.54, 1.807) is 16.7 Å². The van der Waals surface area contributed by atoms with Crippen molar-refractivity contribution in [3.8, 4) is 0 Å². The highest BCUT2D eigenvalue weighted by Gasteiger charge is 2.39. The number of nitrogens with zero attached hydrogens (tertiary/aromatic N) is 1. The van der Waals surface area contributed by atoms with Crippen molar-refractivity contribution in [3.05, 3.63) is 42.0 Å². The molecule has 0 bridgehead atoms. The van der Waals surface area contributed by atoms with E-state index in [1.165, 1.54) is 0 Å². The summed E-state index contributed by atoms with van der Waals surface area (Å²) in [4.78, 5) is 51.7. The third-order valence-corrected chi connectivity index (χ3v) is 8.61. The van der Waals surface area contributed by atoms with Crippen LogP contribution >= 0.6 is 11.8 Å². The largest absolute Gasteiger partial charge is 0.338 e. The van der Waals surface area contributed by atoms with Gasteiger partial charge in [0.1, 0.15) is 6.04 Å². The van der Waals surface area contributed by atoms with Crippen molar-refractivity contribution in [1.82, 2.24) is 20.9 Å². The number of piperidine rings is 1. The number of imide groups is 1. The van der Waals surface area contributed by atoms with Crippen LogP contribution in [0.2, 0.25) is 0 Å². The molecule has 2 aliphatic rings. The molecule has 3 rings (SSSR count). The fourth-order valence-corrected chi connectivity index (χ4v) is 6.08. The Morgan fingerprint density at radius 1 is 1.19 bits per heavy atom. The number of hydrogen-bond acceptors (Lipinski definition) is 5. The van der Waals surface area contributed by atoms with E-state index in [0.29, 0.717) is 25.1 Å². The number of fused-ring (bicyclic) bond motifs is 1. The maximum Gasteiger partial charge on any atom is 0.315 e. The van der Waals surface area contributed by atoms with Crippen LogP contribution in [0.1, 0.15) is 87.6 Å². The molecule has 1 saturated heterocycles. The molecule has 0 saturated carbocycles. The van der Waals surface area contributed by atoms with E-state index in [-0.39, 0.29) is 35.7 Å². The SMILES string of the molecule is C=CCC(CC)(CC)NC(=O)NCCCCCCSc1cccc2c1CN(C1CCC(=O)NC1=O)C2=O. The first kappa shape index (κ1) is 28.8. The van der Waals surface area contributed by atoms with Gasteiger partial charge < -0.3 is 15.5 Å². The maximum atomic E-state index is 13.0. The molecule has 1 unspecified atom stereocenters. The minimum Gasteiger partial charge on any atom is -0.338 e. The van der Waals surface area contributed by atoms with Crippen LogP contribution in [0.5, 0.6) is 0 Å². The molecule has 1 aromatic carbocycles. The molecule has 1 aromatic rings. The molecule has 1 fully saturated rings. The van der Waals surface area contributed by atoms with Gasteiger partial charge in [-0.15, -0.1) is 18.3 Å². The summed E-state index contributed by atoms with van der Waals surface area (Å²) < 4.78 is 0. The van der Waals surface area contributed by atoms with Gasteiger partial charge in [0.15, 0.2) is 0 Å². The fourth-order valence-electron chi connectivity index (χ4n) is 4.98. The number of nitrogens with one attached hydrogen (secondary N) is 3. The summed E-state index contributed by atoms with van der Waals surface area (Å²) in [5.41, 5.74) is 1.41. The van der Waals surface area contributed by atoms with Crippen molar-refractivity contribution >= 4 is 35.5 Å². The molecule has 3 N–H and O–H groups in total. The molecule has 9 heteroatoms. The lowest BCUT2D eigenvalue weighted by atomic mass is 9.89. The summed E-state index contributed by atoms with van der Waals surface area (Å²) in [6, 6.07) is 5.05. The van der Waals surface area contributed by atoms with E-state index < -0.39 is 6.04 Å². The Morgan fingerprint density at radius 2 is 1.95 bits per heavy atom. The van der Waals surface area contributed by atoms with Gasteiger partial charge in [0.25, 0.3) is 5.91 Å². The second kappa shape index (κ2) is 13.7. The highest BCUT2D eigenvalue weighted by atomic mass is 32.2. The Kier molecular flexibility index (Phi) is 10.6. The van der Waals surface area contributed by atoms with Crippen LogP contribution in [0, 0.1) is 0 Å². The van der Waals surface area contributed by atoms with Crippen molar-refractivity contribution < 1.29 is 19.2 Å². The Hall–Kier alpha value is -2.81. The Morgan fingerprint density at radius 3 is 2.65 bits per heavy atom. The third-order valence-electron chi connectivity index (χ3n) is 7.42. The van der Waals surface area contributed by atoms with Gasteiger partial charge in [-0.3, -0.25) is 19.7 Å². The predicted octanol–water partition coefficient (Wildman–Crippen LogP) is 4.53. The molecule has 2 heterocycles. The van der Waals surface area contributed by atoms with Gasteiger partial charge in [0.05, 0.1) is 0 Å². The number of carbonyl (C=O) groups is 4. The van der Waals surface area contributed by atoms with Gasteiger partial charge in [-0.05, 0) is 62.0 Å². The highest BCUT2D eigenvalue weighted by molar-refractivity contribution is 7.99. The zero-order valence-electron chi connectivity index (χ0n) is 22.1. The van der Waals surface area contributed by atoms with Crippen LogP contribution in [0.4, 0.5) is 4.79 Å². The average Bonchev–Trinajstić information content (AvgIpc) is 3.22. The minimum atomic E-state index is -0.589. The monoisotopic (exact) mass is 528 g/mol. The smallest absolute Gasteiger partial charge is 0.315 e. The lowest BCUT2D eigenvalue weighted by Gasteiger charge is -2.32. The van der Waals surface area contributed by atoms with E-state index in [9.17, 15) is 19.2 Å². The molecule has 2 aliphatic heterocycles. The first-order valence-electron chi connectivity index (χ1n) is 13.4. The van der Waals surface area contributed by atoms with E-state index in [2.05, 4.69) is 36.4 Å². The second-order valence-electron chi connectivity index (χ2n) is 9.81. The molecule has 0 radical (unpaired) electrons. The maximum absolute atomic E-state index is 13.0. The molecule has 8 nitrogen and oxygen atoms in total. The molecule has 0 spiro atoms. The van der Waals surface area contributed by atoms with Crippen LogP contribution in [0.25, 0.3) is 0 Å². The topological polar surface area (TPSA) is 108 Å². The van der Waals surface area contributed by atoms with E-state index in [0.717, 1.165) is 61.2 Å². The second-order valence-corrected chi connectivity index (χ2v) is 10.9. The average molecular weight is 529 g/mol. The molecule has 5 amide bonds. The highest BCUT2D eigenvalue weighted by Crippen LogP contribution is 2.34. The molecular weight excluding hydrogens is 488 g/mol. The van der Waals surface area contributed by atoms with Gasteiger partial charge in [-0.25, -0.2) is 4.79 Å². The third kappa shape index (κ3) is 7.37. The van der Waals surface area contributed by atoms with Crippen molar-refractivity contribution in [2.24, 2.45) is 0 Å². The number of unbranched alkanes of at least 4 members (excludes halogenated alkanes) is 3.